The molecule has 0 atom stereocenters. The standard InChI is InChI=1S/C16H16BrClN2O3S/c1-10-8-11(17)4-7-15(10)19-16(21)13-9-12(5-6-14(13)18)24(22,23)20(2)3/h4-9H,1-3H3,(H,19,21). The van der Waals surface area contributed by atoms with Crippen LogP contribution in [0, 0.1) is 6.92 Å². The minimum absolute atomic E-state index is 0.00887. The SMILES string of the molecule is Cc1cc(Br)ccc1NC(=O)c1cc(S(=O)(=O)N(C)C)ccc1Cl. The molecule has 2 aromatic carbocycles. The van der Waals surface area contributed by atoms with Crippen LogP contribution in [0.1, 0.15) is 15.9 Å². The summed E-state index contributed by atoms with van der Waals surface area (Å²) in [6.45, 7) is 1.86. The molecule has 0 unspecified atom stereocenters. The molecule has 0 aliphatic rings. The van der Waals surface area contributed by atoms with E-state index < -0.39 is 15.9 Å². The van der Waals surface area contributed by atoms with Crippen molar-refractivity contribution < 1.29 is 13.2 Å². The summed E-state index contributed by atoms with van der Waals surface area (Å²) in [6.07, 6.45) is 0. The zero-order valence-corrected chi connectivity index (χ0v) is 16.5. The van der Waals surface area contributed by atoms with Crippen LogP contribution in [0.4, 0.5) is 5.69 Å². The van der Waals surface area contributed by atoms with Crippen molar-refractivity contribution in [1.29, 1.82) is 0 Å². The van der Waals surface area contributed by atoms with Crippen LogP contribution in [0.25, 0.3) is 0 Å². The number of carbonyl (C=O) groups is 1. The number of nitrogens with one attached hydrogen (secondary N) is 1. The predicted octanol–water partition coefficient (Wildman–Crippen LogP) is 3.91. The van der Waals surface area contributed by atoms with Gasteiger partial charge in [-0.1, -0.05) is 27.5 Å². The van der Waals surface area contributed by atoms with Crippen molar-refractivity contribution in [2.75, 3.05) is 19.4 Å². The number of hydrogen-bond donors (Lipinski definition) is 1. The third-order valence-corrected chi connectivity index (χ3v) is 6.03. The first-order chi connectivity index (χ1) is 11.1. The second kappa shape index (κ2) is 7.23. The number of halogens is 2. The summed E-state index contributed by atoms with van der Waals surface area (Å²) < 4.78 is 26.4. The van der Waals surface area contributed by atoms with E-state index in [0.29, 0.717) is 5.69 Å². The van der Waals surface area contributed by atoms with Gasteiger partial charge in [-0.3, -0.25) is 4.79 Å². The Morgan fingerprint density at radius 1 is 1.17 bits per heavy atom. The van der Waals surface area contributed by atoms with Crippen molar-refractivity contribution in [3.63, 3.8) is 0 Å². The Bertz CT molecular complexity index is 898. The van der Waals surface area contributed by atoms with Gasteiger partial charge in [0.15, 0.2) is 0 Å². The summed E-state index contributed by atoms with van der Waals surface area (Å²) in [5.74, 6) is -0.471. The average Bonchev–Trinajstić information content (AvgIpc) is 2.50. The van der Waals surface area contributed by atoms with Crippen LogP contribution >= 0.6 is 27.5 Å². The normalized spacial score (nSPS) is 11.6. The summed E-state index contributed by atoms with van der Waals surface area (Å²) in [7, 11) is -0.797. The molecular weight excluding hydrogens is 416 g/mol. The molecule has 0 aromatic heterocycles. The highest BCUT2D eigenvalue weighted by atomic mass is 79.9. The van der Waals surface area contributed by atoms with Crippen molar-refractivity contribution in [1.82, 2.24) is 4.31 Å². The Labute approximate surface area is 154 Å². The van der Waals surface area contributed by atoms with Gasteiger partial charge in [-0.25, -0.2) is 12.7 Å². The van der Waals surface area contributed by atoms with E-state index in [4.69, 9.17) is 11.6 Å². The second-order valence-electron chi connectivity index (χ2n) is 5.34. The molecule has 0 saturated heterocycles. The van der Waals surface area contributed by atoms with Gasteiger partial charge < -0.3 is 5.32 Å². The summed E-state index contributed by atoms with van der Waals surface area (Å²) in [5, 5.41) is 2.93. The molecule has 8 heteroatoms. The van der Waals surface area contributed by atoms with Crippen LogP contribution in [0.5, 0.6) is 0 Å². The van der Waals surface area contributed by atoms with Crippen LogP contribution in [0.2, 0.25) is 5.02 Å². The van der Waals surface area contributed by atoms with Gasteiger partial charge in [0.05, 0.1) is 15.5 Å². The number of sulfonamides is 1. The quantitative estimate of drug-likeness (QED) is 0.798. The number of hydrogen-bond acceptors (Lipinski definition) is 3. The van der Waals surface area contributed by atoms with Gasteiger partial charge in [-0.2, -0.15) is 0 Å². The lowest BCUT2D eigenvalue weighted by Crippen LogP contribution is -2.23. The monoisotopic (exact) mass is 430 g/mol. The van der Waals surface area contributed by atoms with E-state index in [-0.39, 0.29) is 15.5 Å². The zero-order chi connectivity index (χ0) is 18.1. The lowest BCUT2D eigenvalue weighted by molar-refractivity contribution is 0.102. The molecule has 0 radical (unpaired) electrons. The Morgan fingerprint density at radius 2 is 1.83 bits per heavy atom. The van der Waals surface area contributed by atoms with Crippen molar-refractivity contribution in [2.45, 2.75) is 11.8 Å². The maximum Gasteiger partial charge on any atom is 0.257 e. The first-order valence-corrected chi connectivity index (χ1v) is 9.53. The molecule has 1 amide bonds. The number of rotatable bonds is 4. The highest BCUT2D eigenvalue weighted by Gasteiger charge is 2.21. The molecule has 0 bridgehead atoms. The second-order valence-corrected chi connectivity index (χ2v) is 8.82. The molecule has 2 aromatic rings. The number of anilines is 1. The molecule has 1 N–H and O–H groups in total. The third kappa shape index (κ3) is 3.97. The summed E-state index contributed by atoms with van der Waals surface area (Å²) in [4.78, 5) is 12.5. The first-order valence-electron chi connectivity index (χ1n) is 6.92. The third-order valence-electron chi connectivity index (χ3n) is 3.40. The van der Waals surface area contributed by atoms with Crippen LogP contribution in [0.3, 0.4) is 0 Å². The van der Waals surface area contributed by atoms with E-state index in [2.05, 4.69) is 21.2 Å². The summed E-state index contributed by atoms with van der Waals surface area (Å²) in [6, 6.07) is 9.48. The fourth-order valence-corrected chi connectivity index (χ4v) is 3.61. The fraction of sp³-hybridized carbons (Fsp3) is 0.188. The molecule has 0 aliphatic carbocycles. The minimum Gasteiger partial charge on any atom is -0.322 e. The predicted molar refractivity (Wildman–Crippen MR) is 99.2 cm³/mol. The maximum atomic E-state index is 12.5. The van der Waals surface area contributed by atoms with Gasteiger partial charge in [0.2, 0.25) is 10.0 Å². The summed E-state index contributed by atoms with van der Waals surface area (Å²) in [5.41, 5.74) is 1.59. The van der Waals surface area contributed by atoms with E-state index >= 15 is 0 Å². The fourth-order valence-electron chi connectivity index (χ4n) is 2.01. The lowest BCUT2D eigenvalue weighted by Gasteiger charge is -2.14. The Hall–Kier alpha value is -1.41. The van der Waals surface area contributed by atoms with Gasteiger partial charge in [0.1, 0.15) is 0 Å². The molecule has 0 heterocycles. The van der Waals surface area contributed by atoms with Crippen molar-refractivity contribution in [3.8, 4) is 0 Å². The van der Waals surface area contributed by atoms with E-state index in [1.165, 1.54) is 32.3 Å². The maximum absolute atomic E-state index is 12.5. The van der Waals surface area contributed by atoms with E-state index in [1.807, 2.05) is 13.0 Å². The number of aryl methyl sites for hydroxylation is 1. The molecule has 2 rings (SSSR count). The largest absolute Gasteiger partial charge is 0.322 e. The van der Waals surface area contributed by atoms with Gasteiger partial charge in [-0.15, -0.1) is 0 Å². The van der Waals surface area contributed by atoms with Crippen LogP contribution in [-0.4, -0.2) is 32.7 Å². The highest BCUT2D eigenvalue weighted by molar-refractivity contribution is 9.10. The molecule has 0 aliphatic heterocycles. The molecule has 0 saturated carbocycles. The molecule has 24 heavy (non-hydrogen) atoms. The lowest BCUT2D eigenvalue weighted by atomic mass is 10.1. The van der Waals surface area contributed by atoms with Gasteiger partial charge in [0.25, 0.3) is 5.91 Å². The molecule has 0 spiro atoms. The van der Waals surface area contributed by atoms with Gasteiger partial charge in [-0.05, 0) is 48.9 Å². The smallest absolute Gasteiger partial charge is 0.257 e. The average molecular weight is 432 g/mol. The van der Waals surface area contributed by atoms with Crippen molar-refractivity contribution >= 4 is 49.1 Å². The van der Waals surface area contributed by atoms with E-state index in [0.717, 1.165) is 14.3 Å². The molecule has 5 nitrogen and oxygen atoms in total. The van der Waals surface area contributed by atoms with Gasteiger partial charge >= 0.3 is 0 Å². The molecular formula is C16H16BrClN2O3S. The number of benzene rings is 2. The number of amides is 1. The summed E-state index contributed by atoms with van der Waals surface area (Å²) >= 11 is 9.43. The molecule has 128 valence electrons. The highest BCUT2D eigenvalue weighted by Crippen LogP contribution is 2.25. The Morgan fingerprint density at radius 3 is 2.42 bits per heavy atom. The first kappa shape index (κ1) is 18.9. The van der Waals surface area contributed by atoms with Gasteiger partial charge in [0, 0.05) is 24.3 Å². The van der Waals surface area contributed by atoms with E-state index in [1.54, 1.807) is 12.1 Å². The Balaban J connectivity index is 2.39. The van der Waals surface area contributed by atoms with E-state index in [9.17, 15) is 13.2 Å². The Kier molecular flexibility index (Phi) is 5.70. The zero-order valence-electron chi connectivity index (χ0n) is 13.3. The number of carbonyl (C=O) groups excluding carboxylic acids is 1. The number of nitrogens with zero attached hydrogens (tertiary/aromatic N) is 1. The van der Waals surface area contributed by atoms with Crippen LogP contribution < -0.4 is 5.32 Å². The van der Waals surface area contributed by atoms with Crippen LogP contribution in [0.15, 0.2) is 45.8 Å². The minimum atomic E-state index is -3.65. The van der Waals surface area contributed by atoms with Crippen LogP contribution in [-0.2, 0) is 10.0 Å². The molecule has 0 fully saturated rings. The van der Waals surface area contributed by atoms with Crippen molar-refractivity contribution in [3.05, 3.63) is 57.0 Å². The topological polar surface area (TPSA) is 66.5 Å². The van der Waals surface area contributed by atoms with Crippen molar-refractivity contribution in [2.24, 2.45) is 0 Å².